The molecular weight excluding hydrogens is 256 g/mol. The summed E-state index contributed by atoms with van der Waals surface area (Å²) in [5, 5.41) is 22.0. The van der Waals surface area contributed by atoms with E-state index in [9.17, 15) is 5.11 Å². The van der Waals surface area contributed by atoms with Crippen molar-refractivity contribution in [2.24, 2.45) is 0 Å². The number of aryl methyl sites for hydroxylation is 1. The summed E-state index contributed by atoms with van der Waals surface area (Å²) in [5.74, 6) is 0. The number of nitrogens with zero attached hydrogens (tertiary/aromatic N) is 4. The monoisotopic (exact) mass is 270 g/mol. The lowest BCUT2D eigenvalue weighted by molar-refractivity contribution is 0.213. The van der Waals surface area contributed by atoms with Crippen molar-refractivity contribution >= 4 is 0 Å². The number of aliphatic hydroxyl groups excluding tert-OH is 1. The lowest BCUT2D eigenvalue weighted by Crippen LogP contribution is -2.01. The smallest absolute Gasteiger partial charge is 0.130 e. The van der Waals surface area contributed by atoms with E-state index in [2.05, 4.69) is 15.5 Å². The fourth-order valence-corrected chi connectivity index (χ4v) is 2.01. The molecule has 0 spiro atoms. The molecule has 1 aromatic carbocycles. The first-order chi connectivity index (χ1) is 9.74. The molecule has 0 fully saturated rings. The van der Waals surface area contributed by atoms with Crippen molar-refractivity contribution in [3.63, 3.8) is 0 Å². The first-order valence-electron chi connectivity index (χ1n) is 6.27. The number of hydrogen-bond donors (Lipinski definition) is 1. The van der Waals surface area contributed by atoms with Gasteiger partial charge < -0.3 is 9.63 Å². The van der Waals surface area contributed by atoms with Gasteiger partial charge in [-0.25, -0.2) is 4.68 Å². The van der Waals surface area contributed by atoms with E-state index in [0.717, 1.165) is 5.56 Å². The first-order valence-corrected chi connectivity index (χ1v) is 6.27. The van der Waals surface area contributed by atoms with Crippen molar-refractivity contribution in [2.75, 3.05) is 0 Å². The molecule has 0 aliphatic rings. The number of benzene rings is 1. The van der Waals surface area contributed by atoms with Crippen molar-refractivity contribution < 1.29 is 9.63 Å². The van der Waals surface area contributed by atoms with E-state index in [-0.39, 0.29) is 0 Å². The highest BCUT2D eigenvalue weighted by Gasteiger charge is 2.19. The van der Waals surface area contributed by atoms with Crippen LogP contribution in [0, 0.1) is 6.92 Å². The molecule has 20 heavy (non-hydrogen) atoms. The quantitative estimate of drug-likeness (QED) is 0.780. The van der Waals surface area contributed by atoms with Crippen LogP contribution in [0.5, 0.6) is 0 Å². The third-order valence-corrected chi connectivity index (χ3v) is 3.11. The van der Waals surface area contributed by atoms with Gasteiger partial charge in [0.15, 0.2) is 0 Å². The zero-order valence-corrected chi connectivity index (χ0v) is 11.0. The van der Waals surface area contributed by atoms with Crippen LogP contribution >= 0.6 is 0 Å². The Balaban J connectivity index is 1.79. The molecule has 1 N–H and O–H groups in total. The average molecular weight is 270 g/mol. The lowest BCUT2D eigenvalue weighted by Gasteiger charge is -2.03. The maximum atomic E-state index is 10.2. The minimum Gasteiger partial charge on any atom is -0.382 e. The van der Waals surface area contributed by atoms with Crippen molar-refractivity contribution in [2.45, 2.75) is 19.6 Å². The van der Waals surface area contributed by atoms with Gasteiger partial charge in [-0.05, 0) is 12.5 Å². The Morgan fingerprint density at radius 2 is 2.10 bits per heavy atom. The Hall–Kier alpha value is -2.47. The second-order valence-corrected chi connectivity index (χ2v) is 4.58. The number of aliphatic hydroxyl groups is 1. The van der Waals surface area contributed by atoms with Gasteiger partial charge in [0.05, 0.1) is 18.4 Å². The average Bonchev–Trinajstić information content (AvgIpc) is 3.08. The van der Waals surface area contributed by atoms with Gasteiger partial charge in [0.2, 0.25) is 0 Å². The van der Waals surface area contributed by atoms with Gasteiger partial charge in [0.1, 0.15) is 18.1 Å². The zero-order valence-electron chi connectivity index (χ0n) is 11.0. The molecule has 0 unspecified atom stereocenters. The number of aromatic nitrogens is 4. The lowest BCUT2D eigenvalue weighted by atomic mass is 10.1. The molecule has 3 aromatic rings. The molecule has 0 saturated carbocycles. The minimum absolute atomic E-state index is 0.479. The molecule has 0 aliphatic carbocycles. The van der Waals surface area contributed by atoms with Crippen LogP contribution in [0.3, 0.4) is 0 Å². The van der Waals surface area contributed by atoms with Gasteiger partial charge in [-0.2, -0.15) is 0 Å². The molecule has 0 aliphatic heterocycles. The third kappa shape index (κ3) is 2.46. The minimum atomic E-state index is -0.870. The van der Waals surface area contributed by atoms with Crippen molar-refractivity contribution in [3.8, 4) is 0 Å². The van der Waals surface area contributed by atoms with E-state index in [1.807, 2.05) is 30.3 Å². The normalized spacial score (nSPS) is 12.5. The standard InChI is InChI=1S/C14H14N4O2/c1-10-12(9-20-16-10)14(19)13-8-18(17-15-13)7-11-5-3-2-4-6-11/h2-6,8-9,14,19H,7H2,1H3/t14-/m0/s1. The summed E-state index contributed by atoms with van der Waals surface area (Å²) >= 11 is 0. The second kappa shape index (κ2) is 5.26. The van der Waals surface area contributed by atoms with Gasteiger partial charge in [-0.3, -0.25) is 0 Å². The number of hydrogen-bond acceptors (Lipinski definition) is 5. The second-order valence-electron chi connectivity index (χ2n) is 4.58. The summed E-state index contributed by atoms with van der Waals surface area (Å²) in [7, 11) is 0. The molecule has 0 radical (unpaired) electrons. The Morgan fingerprint density at radius 1 is 1.30 bits per heavy atom. The highest BCUT2D eigenvalue weighted by atomic mass is 16.5. The number of rotatable bonds is 4. The Bertz CT molecular complexity index is 690. The van der Waals surface area contributed by atoms with E-state index in [1.165, 1.54) is 6.26 Å². The van der Waals surface area contributed by atoms with Crippen LogP contribution in [0.1, 0.15) is 28.6 Å². The summed E-state index contributed by atoms with van der Waals surface area (Å²) in [6.07, 6.45) is 2.28. The van der Waals surface area contributed by atoms with Crippen LogP contribution in [0.25, 0.3) is 0 Å². The Morgan fingerprint density at radius 3 is 2.80 bits per heavy atom. The summed E-state index contributed by atoms with van der Waals surface area (Å²) in [4.78, 5) is 0. The third-order valence-electron chi connectivity index (χ3n) is 3.11. The van der Waals surface area contributed by atoms with E-state index in [1.54, 1.807) is 17.8 Å². The fraction of sp³-hybridized carbons (Fsp3) is 0.214. The van der Waals surface area contributed by atoms with Crippen molar-refractivity contribution in [3.05, 3.63) is 65.3 Å². The van der Waals surface area contributed by atoms with E-state index in [4.69, 9.17) is 4.52 Å². The maximum absolute atomic E-state index is 10.2. The molecule has 6 heteroatoms. The predicted molar refractivity (Wildman–Crippen MR) is 70.9 cm³/mol. The molecule has 6 nitrogen and oxygen atoms in total. The van der Waals surface area contributed by atoms with Crippen LogP contribution in [-0.2, 0) is 6.54 Å². The topological polar surface area (TPSA) is 77.0 Å². The van der Waals surface area contributed by atoms with Crippen molar-refractivity contribution in [1.82, 2.24) is 20.2 Å². The van der Waals surface area contributed by atoms with E-state index < -0.39 is 6.10 Å². The van der Waals surface area contributed by atoms with Crippen molar-refractivity contribution in [1.29, 1.82) is 0 Å². The van der Waals surface area contributed by atoms with E-state index in [0.29, 0.717) is 23.5 Å². The van der Waals surface area contributed by atoms with Gasteiger partial charge in [0, 0.05) is 5.56 Å². The Labute approximate surface area is 115 Å². The highest BCUT2D eigenvalue weighted by Crippen LogP contribution is 2.22. The summed E-state index contributed by atoms with van der Waals surface area (Å²) < 4.78 is 6.52. The van der Waals surface area contributed by atoms with Gasteiger partial charge in [-0.15, -0.1) is 5.10 Å². The summed E-state index contributed by atoms with van der Waals surface area (Å²) in [6.45, 7) is 2.39. The van der Waals surface area contributed by atoms with Crippen LogP contribution in [0.4, 0.5) is 0 Å². The molecule has 2 heterocycles. The molecule has 0 saturated heterocycles. The Kier molecular flexibility index (Phi) is 3.30. The molecular formula is C14H14N4O2. The predicted octanol–water partition coefficient (Wildman–Crippen LogP) is 1.70. The fourth-order valence-electron chi connectivity index (χ4n) is 2.01. The largest absolute Gasteiger partial charge is 0.382 e. The molecule has 2 aromatic heterocycles. The maximum Gasteiger partial charge on any atom is 0.130 e. The van der Waals surface area contributed by atoms with Gasteiger partial charge in [-0.1, -0.05) is 40.7 Å². The van der Waals surface area contributed by atoms with E-state index >= 15 is 0 Å². The molecule has 0 amide bonds. The van der Waals surface area contributed by atoms with Gasteiger partial charge in [0.25, 0.3) is 0 Å². The SMILES string of the molecule is Cc1nocc1[C@H](O)c1cn(Cc2ccccc2)nn1. The first kappa shape index (κ1) is 12.6. The highest BCUT2D eigenvalue weighted by molar-refractivity contribution is 5.23. The van der Waals surface area contributed by atoms with Crippen LogP contribution in [0.15, 0.2) is 47.3 Å². The van der Waals surface area contributed by atoms with Crippen LogP contribution in [0.2, 0.25) is 0 Å². The molecule has 0 bridgehead atoms. The summed E-state index contributed by atoms with van der Waals surface area (Å²) in [5.41, 5.74) is 2.86. The molecule has 3 rings (SSSR count). The van der Waals surface area contributed by atoms with Crippen LogP contribution in [-0.4, -0.2) is 25.3 Å². The van der Waals surface area contributed by atoms with Gasteiger partial charge >= 0.3 is 0 Å². The molecule has 102 valence electrons. The molecule has 1 atom stereocenters. The summed E-state index contributed by atoms with van der Waals surface area (Å²) in [6, 6.07) is 9.95. The zero-order chi connectivity index (χ0) is 13.9. The van der Waals surface area contributed by atoms with Crippen LogP contribution < -0.4 is 0 Å².